The van der Waals surface area contributed by atoms with E-state index >= 15 is 0 Å². The lowest BCUT2D eigenvalue weighted by Gasteiger charge is -2.26. The molecule has 0 aliphatic rings. The van der Waals surface area contributed by atoms with Gasteiger partial charge in [0, 0.05) is 18.9 Å². The molecular weight excluding hydrogens is 372 g/mol. The third kappa shape index (κ3) is 3.75. The number of rotatable bonds is 6. The molecule has 0 saturated heterocycles. The van der Waals surface area contributed by atoms with Crippen LogP contribution >= 0.6 is 0 Å². The first kappa shape index (κ1) is 20.3. The molecule has 28 heavy (non-hydrogen) atoms. The summed E-state index contributed by atoms with van der Waals surface area (Å²) in [4.78, 5) is 4.51. The minimum absolute atomic E-state index is 0.162. The molecule has 2 heterocycles. The summed E-state index contributed by atoms with van der Waals surface area (Å²) in [5.41, 5.74) is 5.60. The Labute approximate surface area is 167 Å². The molecule has 0 aliphatic carbocycles. The maximum atomic E-state index is 13.8. The normalized spacial score (nSPS) is 11.9. The van der Waals surface area contributed by atoms with Crippen molar-refractivity contribution in [1.82, 2.24) is 9.29 Å². The summed E-state index contributed by atoms with van der Waals surface area (Å²) in [6.45, 7) is 10.2. The first-order chi connectivity index (χ1) is 13.2. The first-order valence-electron chi connectivity index (χ1n) is 9.22. The molecule has 0 fully saturated rings. The van der Waals surface area contributed by atoms with Crippen LogP contribution in [0.15, 0.2) is 52.2 Å². The fraction of sp³-hybridized carbons (Fsp3) is 0.318. The molecule has 0 unspecified atom stereocenters. The largest absolute Gasteiger partial charge is 0.468 e. The summed E-state index contributed by atoms with van der Waals surface area (Å²) in [5, 5.41) is 0. The van der Waals surface area contributed by atoms with Gasteiger partial charge < -0.3 is 4.42 Å². The van der Waals surface area contributed by atoms with Crippen molar-refractivity contribution < 1.29 is 12.8 Å². The minimum atomic E-state index is -3.75. The van der Waals surface area contributed by atoms with Crippen LogP contribution in [0.1, 0.15) is 39.1 Å². The van der Waals surface area contributed by atoms with E-state index in [9.17, 15) is 8.42 Å². The van der Waals surface area contributed by atoms with Gasteiger partial charge in [0.1, 0.15) is 5.76 Å². The highest BCUT2D eigenvalue weighted by Crippen LogP contribution is 2.32. The van der Waals surface area contributed by atoms with E-state index in [-0.39, 0.29) is 13.1 Å². The highest BCUT2D eigenvalue weighted by molar-refractivity contribution is 7.89. The van der Waals surface area contributed by atoms with Gasteiger partial charge in [-0.05, 0) is 86.2 Å². The molecule has 2 aromatic heterocycles. The highest BCUT2D eigenvalue weighted by atomic mass is 32.2. The van der Waals surface area contributed by atoms with Crippen LogP contribution in [-0.2, 0) is 23.1 Å². The number of aromatic nitrogens is 1. The van der Waals surface area contributed by atoms with Gasteiger partial charge in [0.15, 0.2) is 0 Å². The van der Waals surface area contributed by atoms with Crippen molar-refractivity contribution in [2.45, 2.75) is 52.6 Å². The topological polar surface area (TPSA) is 63.4 Å². The summed E-state index contributed by atoms with van der Waals surface area (Å²) in [6, 6.07) is 7.24. The highest BCUT2D eigenvalue weighted by Gasteiger charge is 2.30. The second-order valence-corrected chi connectivity index (χ2v) is 9.04. The fourth-order valence-electron chi connectivity index (χ4n) is 3.48. The van der Waals surface area contributed by atoms with Crippen LogP contribution in [0.5, 0.6) is 0 Å². The van der Waals surface area contributed by atoms with Gasteiger partial charge in [0.2, 0.25) is 10.0 Å². The number of hydrogen-bond donors (Lipinski definition) is 0. The lowest BCUT2D eigenvalue weighted by Crippen LogP contribution is -2.31. The van der Waals surface area contributed by atoms with Crippen LogP contribution in [0, 0.1) is 34.6 Å². The quantitative estimate of drug-likeness (QED) is 0.608. The molecule has 0 saturated carbocycles. The molecule has 0 atom stereocenters. The lowest BCUT2D eigenvalue weighted by atomic mass is 9.95. The molecule has 0 aliphatic heterocycles. The number of hydrogen-bond acceptors (Lipinski definition) is 4. The lowest BCUT2D eigenvalue weighted by molar-refractivity contribution is 0.358. The Kier molecular flexibility index (Phi) is 5.72. The molecule has 3 aromatic rings. The van der Waals surface area contributed by atoms with Crippen molar-refractivity contribution in [3.63, 3.8) is 0 Å². The zero-order chi connectivity index (χ0) is 20.5. The number of furan rings is 1. The van der Waals surface area contributed by atoms with E-state index in [4.69, 9.17) is 4.42 Å². The van der Waals surface area contributed by atoms with E-state index in [1.165, 1.54) is 4.31 Å². The van der Waals surface area contributed by atoms with E-state index in [1.807, 2.05) is 46.8 Å². The Hall–Kier alpha value is -2.44. The first-order valence-corrected chi connectivity index (χ1v) is 10.7. The van der Waals surface area contributed by atoms with Crippen molar-refractivity contribution in [2.24, 2.45) is 0 Å². The summed E-state index contributed by atoms with van der Waals surface area (Å²) in [7, 11) is -3.75. The Bertz CT molecular complexity index is 1040. The minimum Gasteiger partial charge on any atom is -0.468 e. The van der Waals surface area contributed by atoms with E-state index < -0.39 is 10.0 Å². The molecule has 3 rings (SSSR count). The second-order valence-electron chi connectivity index (χ2n) is 7.17. The van der Waals surface area contributed by atoms with Gasteiger partial charge in [0.25, 0.3) is 0 Å². The maximum Gasteiger partial charge on any atom is 0.244 e. The van der Waals surface area contributed by atoms with Gasteiger partial charge in [0.05, 0.1) is 17.7 Å². The number of sulfonamides is 1. The molecule has 148 valence electrons. The summed E-state index contributed by atoms with van der Waals surface area (Å²) < 4.78 is 34.5. The maximum absolute atomic E-state index is 13.8. The number of pyridine rings is 1. The average Bonchev–Trinajstić information content (AvgIpc) is 3.18. The predicted molar refractivity (Wildman–Crippen MR) is 110 cm³/mol. The van der Waals surface area contributed by atoms with Gasteiger partial charge in [-0.1, -0.05) is 6.07 Å². The van der Waals surface area contributed by atoms with E-state index in [0.29, 0.717) is 10.7 Å². The van der Waals surface area contributed by atoms with E-state index in [0.717, 1.165) is 33.4 Å². The smallest absolute Gasteiger partial charge is 0.244 e. The van der Waals surface area contributed by atoms with Gasteiger partial charge >= 0.3 is 0 Å². The van der Waals surface area contributed by atoms with E-state index in [1.54, 1.807) is 30.8 Å². The van der Waals surface area contributed by atoms with Crippen LogP contribution in [0.25, 0.3) is 0 Å². The molecule has 0 spiro atoms. The number of benzene rings is 1. The van der Waals surface area contributed by atoms with Gasteiger partial charge in [-0.2, -0.15) is 4.31 Å². The summed E-state index contributed by atoms with van der Waals surface area (Å²) in [6.07, 6.45) is 4.92. The molecule has 0 bridgehead atoms. The van der Waals surface area contributed by atoms with E-state index in [2.05, 4.69) is 4.98 Å². The van der Waals surface area contributed by atoms with Crippen LogP contribution in [-0.4, -0.2) is 17.7 Å². The van der Waals surface area contributed by atoms with Crippen LogP contribution in [0.4, 0.5) is 0 Å². The van der Waals surface area contributed by atoms with Crippen LogP contribution in [0.2, 0.25) is 0 Å². The summed E-state index contributed by atoms with van der Waals surface area (Å²) in [5.74, 6) is 0.600. The Morgan fingerprint density at radius 2 is 1.54 bits per heavy atom. The van der Waals surface area contributed by atoms with Gasteiger partial charge in [-0.15, -0.1) is 0 Å². The molecule has 5 nitrogen and oxygen atoms in total. The zero-order valence-electron chi connectivity index (χ0n) is 17.0. The molecular formula is C22H26N2O3S. The van der Waals surface area contributed by atoms with Gasteiger partial charge in [-0.25, -0.2) is 8.42 Å². The second kappa shape index (κ2) is 7.89. The van der Waals surface area contributed by atoms with Gasteiger partial charge in [-0.3, -0.25) is 4.98 Å². The van der Waals surface area contributed by atoms with Crippen molar-refractivity contribution in [3.8, 4) is 0 Å². The van der Waals surface area contributed by atoms with Crippen molar-refractivity contribution in [1.29, 1.82) is 0 Å². The molecule has 0 amide bonds. The predicted octanol–water partition coefficient (Wildman–Crippen LogP) is 4.61. The Morgan fingerprint density at radius 1 is 0.893 bits per heavy atom. The van der Waals surface area contributed by atoms with Crippen LogP contribution in [0.3, 0.4) is 0 Å². The van der Waals surface area contributed by atoms with Crippen molar-refractivity contribution in [3.05, 3.63) is 82.1 Å². The average molecular weight is 399 g/mol. The summed E-state index contributed by atoms with van der Waals surface area (Å²) >= 11 is 0. The standard InChI is InChI=1S/C22H26N2O3S/c1-15-16(2)18(4)22(19(5)17(15)3)28(25,26)24(14-21-9-7-11-27-21)13-20-8-6-10-23-12-20/h6-12H,13-14H2,1-5H3. The third-order valence-electron chi connectivity index (χ3n) is 5.52. The fourth-order valence-corrected chi connectivity index (χ4v) is 5.43. The monoisotopic (exact) mass is 398 g/mol. The van der Waals surface area contributed by atoms with Crippen molar-refractivity contribution >= 4 is 10.0 Å². The molecule has 1 aromatic carbocycles. The Balaban J connectivity index is 2.13. The third-order valence-corrected chi connectivity index (χ3v) is 7.59. The van der Waals surface area contributed by atoms with Crippen molar-refractivity contribution in [2.75, 3.05) is 0 Å². The Morgan fingerprint density at radius 3 is 2.07 bits per heavy atom. The number of nitrogens with zero attached hydrogens (tertiary/aromatic N) is 2. The molecule has 6 heteroatoms. The molecule has 0 radical (unpaired) electrons. The van der Waals surface area contributed by atoms with Crippen LogP contribution < -0.4 is 0 Å². The zero-order valence-corrected chi connectivity index (χ0v) is 17.8. The SMILES string of the molecule is Cc1c(C)c(C)c(S(=O)(=O)N(Cc2cccnc2)Cc2ccco2)c(C)c1C. The molecule has 0 N–H and O–H groups in total.